The summed E-state index contributed by atoms with van der Waals surface area (Å²) in [5.41, 5.74) is 2.40. The predicted molar refractivity (Wildman–Crippen MR) is 77.6 cm³/mol. The van der Waals surface area contributed by atoms with Crippen LogP contribution in [0, 0.1) is 24.2 Å². The quantitative estimate of drug-likeness (QED) is 0.884. The van der Waals surface area contributed by atoms with Gasteiger partial charge >= 0.3 is 5.97 Å². The van der Waals surface area contributed by atoms with Crippen LogP contribution in [0.2, 0.25) is 0 Å². The Labute approximate surface area is 120 Å². The second kappa shape index (κ2) is 3.87. The van der Waals surface area contributed by atoms with E-state index in [1.54, 1.807) is 0 Å². The molecule has 4 fully saturated rings. The molecule has 0 amide bonds. The summed E-state index contributed by atoms with van der Waals surface area (Å²) in [4.78, 5) is 11.9. The van der Waals surface area contributed by atoms with E-state index in [0.717, 1.165) is 19.3 Å². The highest BCUT2D eigenvalue weighted by Gasteiger charge is 2.61. The molecule has 1 N–H and O–H groups in total. The number of hydrogen-bond donors (Lipinski definition) is 1. The topological polar surface area (TPSA) is 37.3 Å². The molecule has 4 saturated carbocycles. The number of carbonyl (C=O) groups is 1. The van der Waals surface area contributed by atoms with Crippen molar-refractivity contribution < 1.29 is 9.90 Å². The SMILES string of the molecule is Cc1ccc(C23CC4CC(CC(C(=O)O)(C4)C2)C3)cc1. The van der Waals surface area contributed by atoms with Crippen molar-refractivity contribution in [1.82, 2.24) is 0 Å². The molecular weight excluding hydrogens is 248 g/mol. The van der Waals surface area contributed by atoms with Gasteiger partial charge in [-0.3, -0.25) is 4.79 Å². The number of hydrogen-bond acceptors (Lipinski definition) is 1. The Morgan fingerprint density at radius 1 is 1.10 bits per heavy atom. The molecule has 20 heavy (non-hydrogen) atoms. The Bertz CT molecular complexity index is 543. The third kappa shape index (κ3) is 1.60. The lowest BCUT2D eigenvalue weighted by atomic mass is 9.43. The molecule has 2 unspecified atom stereocenters. The Hall–Kier alpha value is -1.31. The minimum atomic E-state index is -0.539. The van der Waals surface area contributed by atoms with Crippen molar-refractivity contribution >= 4 is 5.97 Å². The maximum Gasteiger partial charge on any atom is 0.309 e. The fourth-order valence-electron chi connectivity index (χ4n) is 5.76. The zero-order valence-corrected chi connectivity index (χ0v) is 12.1. The maximum atomic E-state index is 11.9. The number of aliphatic carboxylic acids is 1. The standard InChI is InChI=1S/C18H22O2/c1-12-2-4-15(5-3-12)17-7-13-6-14(8-17)10-18(9-13,11-17)16(19)20/h2-5,13-14H,6-11H2,1H3,(H,19,20). The van der Waals surface area contributed by atoms with E-state index in [1.165, 1.54) is 30.4 Å². The van der Waals surface area contributed by atoms with Gasteiger partial charge in [0.15, 0.2) is 0 Å². The summed E-state index contributed by atoms with van der Waals surface area (Å²) in [6, 6.07) is 8.86. The largest absolute Gasteiger partial charge is 0.481 e. The second-order valence-electron chi connectivity index (χ2n) is 7.69. The third-order valence-corrected chi connectivity index (χ3v) is 6.18. The molecule has 4 aliphatic rings. The molecule has 5 rings (SSSR count). The van der Waals surface area contributed by atoms with Gasteiger partial charge in [-0.2, -0.15) is 0 Å². The van der Waals surface area contributed by atoms with E-state index < -0.39 is 11.4 Å². The second-order valence-corrected chi connectivity index (χ2v) is 7.69. The number of aryl methyl sites for hydroxylation is 1. The number of benzene rings is 1. The van der Waals surface area contributed by atoms with Crippen LogP contribution in [0.15, 0.2) is 24.3 Å². The van der Waals surface area contributed by atoms with Gasteiger partial charge in [0, 0.05) is 0 Å². The van der Waals surface area contributed by atoms with E-state index in [0.29, 0.717) is 11.8 Å². The number of rotatable bonds is 2. The molecule has 0 saturated heterocycles. The van der Waals surface area contributed by atoms with Crippen LogP contribution in [-0.2, 0) is 10.2 Å². The highest BCUT2D eigenvalue weighted by Crippen LogP contribution is 2.65. The molecule has 4 bridgehead atoms. The first-order valence-electron chi connectivity index (χ1n) is 7.82. The molecule has 0 aliphatic heterocycles. The van der Waals surface area contributed by atoms with Crippen LogP contribution < -0.4 is 0 Å². The summed E-state index contributed by atoms with van der Waals surface area (Å²) in [7, 11) is 0. The van der Waals surface area contributed by atoms with Crippen molar-refractivity contribution in [3.63, 3.8) is 0 Å². The molecule has 0 radical (unpaired) electrons. The Morgan fingerprint density at radius 2 is 1.70 bits per heavy atom. The maximum absolute atomic E-state index is 11.9. The van der Waals surface area contributed by atoms with E-state index in [9.17, 15) is 9.90 Å². The first kappa shape index (κ1) is 12.4. The molecule has 0 spiro atoms. The highest BCUT2D eigenvalue weighted by atomic mass is 16.4. The van der Waals surface area contributed by atoms with E-state index in [-0.39, 0.29) is 5.41 Å². The Kier molecular flexibility index (Phi) is 2.40. The lowest BCUT2D eigenvalue weighted by Gasteiger charge is -2.60. The van der Waals surface area contributed by atoms with Gasteiger partial charge in [-0.25, -0.2) is 0 Å². The fraction of sp³-hybridized carbons (Fsp3) is 0.611. The van der Waals surface area contributed by atoms with Crippen LogP contribution in [0.5, 0.6) is 0 Å². The normalized spacial score (nSPS) is 41.9. The van der Waals surface area contributed by atoms with Crippen LogP contribution in [0.4, 0.5) is 0 Å². The molecule has 0 aromatic heterocycles. The summed E-state index contributed by atoms with van der Waals surface area (Å²) in [6.07, 6.45) is 6.40. The average Bonchev–Trinajstić information content (AvgIpc) is 2.37. The van der Waals surface area contributed by atoms with Gasteiger partial charge in [0.2, 0.25) is 0 Å². The van der Waals surface area contributed by atoms with E-state index in [4.69, 9.17) is 0 Å². The van der Waals surface area contributed by atoms with Gasteiger partial charge in [-0.05, 0) is 68.3 Å². The molecule has 4 aliphatic carbocycles. The summed E-state index contributed by atoms with van der Waals surface area (Å²) in [5.74, 6) is 0.727. The first-order valence-corrected chi connectivity index (χ1v) is 7.82. The average molecular weight is 270 g/mol. The summed E-state index contributed by atoms with van der Waals surface area (Å²) in [5, 5.41) is 9.78. The summed E-state index contributed by atoms with van der Waals surface area (Å²) < 4.78 is 0. The van der Waals surface area contributed by atoms with Crippen LogP contribution in [-0.4, -0.2) is 11.1 Å². The monoisotopic (exact) mass is 270 g/mol. The minimum Gasteiger partial charge on any atom is -0.481 e. The van der Waals surface area contributed by atoms with Crippen molar-refractivity contribution in [1.29, 1.82) is 0 Å². The first-order chi connectivity index (χ1) is 9.51. The van der Waals surface area contributed by atoms with Gasteiger partial charge in [0.05, 0.1) is 5.41 Å². The molecule has 2 atom stereocenters. The van der Waals surface area contributed by atoms with Crippen molar-refractivity contribution in [2.24, 2.45) is 17.3 Å². The summed E-state index contributed by atoms with van der Waals surface area (Å²) in [6.45, 7) is 2.11. The van der Waals surface area contributed by atoms with Crippen molar-refractivity contribution in [3.8, 4) is 0 Å². The van der Waals surface area contributed by atoms with Crippen molar-refractivity contribution in [2.75, 3.05) is 0 Å². The zero-order chi connectivity index (χ0) is 14.0. The van der Waals surface area contributed by atoms with E-state index >= 15 is 0 Å². The molecule has 106 valence electrons. The van der Waals surface area contributed by atoms with Gasteiger partial charge < -0.3 is 5.11 Å². The highest BCUT2D eigenvalue weighted by molar-refractivity contribution is 5.76. The van der Waals surface area contributed by atoms with E-state index in [2.05, 4.69) is 31.2 Å². The van der Waals surface area contributed by atoms with Crippen molar-refractivity contribution in [3.05, 3.63) is 35.4 Å². The number of carboxylic acids is 1. The smallest absolute Gasteiger partial charge is 0.309 e. The van der Waals surface area contributed by atoms with Gasteiger partial charge in [-0.15, -0.1) is 0 Å². The van der Waals surface area contributed by atoms with Crippen LogP contribution in [0.25, 0.3) is 0 Å². The van der Waals surface area contributed by atoms with Gasteiger partial charge in [-0.1, -0.05) is 29.8 Å². The third-order valence-electron chi connectivity index (χ3n) is 6.18. The fourth-order valence-corrected chi connectivity index (χ4v) is 5.76. The van der Waals surface area contributed by atoms with Crippen molar-refractivity contribution in [2.45, 2.75) is 50.9 Å². The Balaban J connectivity index is 1.79. The lowest BCUT2D eigenvalue weighted by Crippen LogP contribution is -2.56. The number of carboxylic acid groups (broad SMARTS) is 1. The lowest BCUT2D eigenvalue weighted by molar-refractivity contribution is -0.167. The zero-order valence-electron chi connectivity index (χ0n) is 12.1. The molecule has 1 aromatic rings. The molecule has 0 heterocycles. The van der Waals surface area contributed by atoms with Crippen LogP contribution >= 0.6 is 0 Å². The molecule has 2 nitrogen and oxygen atoms in total. The van der Waals surface area contributed by atoms with Crippen LogP contribution in [0.3, 0.4) is 0 Å². The Morgan fingerprint density at radius 3 is 2.25 bits per heavy atom. The summed E-state index contributed by atoms with van der Waals surface area (Å²) >= 11 is 0. The van der Waals surface area contributed by atoms with Gasteiger partial charge in [0.25, 0.3) is 0 Å². The minimum absolute atomic E-state index is 0.149. The molecule has 1 aromatic carbocycles. The molecular formula is C18H22O2. The van der Waals surface area contributed by atoms with Gasteiger partial charge in [0.1, 0.15) is 0 Å². The predicted octanol–water partition coefficient (Wildman–Crippen LogP) is 3.92. The molecule has 2 heteroatoms. The van der Waals surface area contributed by atoms with Crippen LogP contribution in [0.1, 0.15) is 49.7 Å². The van der Waals surface area contributed by atoms with E-state index in [1.807, 2.05) is 0 Å².